The van der Waals surface area contributed by atoms with Gasteiger partial charge in [0.05, 0.1) is 18.2 Å². The summed E-state index contributed by atoms with van der Waals surface area (Å²) in [5, 5.41) is 3.68. The van der Waals surface area contributed by atoms with E-state index in [2.05, 4.69) is 5.32 Å². The lowest BCUT2D eigenvalue weighted by Gasteiger charge is -2.13. The van der Waals surface area contributed by atoms with Crippen LogP contribution >= 0.6 is 11.6 Å². The van der Waals surface area contributed by atoms with Crippen molar-refractivity contribution in [3.63, 3.8) is 0 Å². The molecular formula is C14H20ClNO4. The second-order valence-electron chi connectivity index (χ2n) is 3.99. The van der Waals surface area contributed by atoms with Crippen molar-refractivity contribution in [2.75, 3.05) is 33.5 Å². The maximum Gasteiger partial charge on any atom is 0.344 e. The lowest BCUT2D eigenvalue weighted by Crippen LogP contribution is -2.20. The number of hydrogen-bond acceptors (Lipinski definition) is 5. The van der Waals surface area contributed by atoms with Crippen molar-refractivity contribution in [3.8, 4) is 5.75 Å². The molecule has 1 aromatic rings. The molecule has 0 fully saturated rings. The zero-order chi connectivity index (χ0) is 14.8. The van der Waals surface area contributed by atoms with Crippen LogP contribution in [0.3, 0.4) is 0 Å². The van der Waals surface area contributed by atoms with Crippen LogP contribution in [0, 0.1) is 0 Å². The Bertz CT molecular complexity index is 426. The first kappa shape index (κ1) is 16.8. The molecule has 0 heterocycles. The first-order valence-corrected chi connectivity index (χ1v) is 6.82. The molecule has 0 amide bonds. The summed E-state index contributed by atoms with van der Waals surface area (Å²) in [6.07, 6.45) is 0. The quantitative estimate of drug-likeness (QED) is 0.558. The molecule has 0 aliphatic heterocycles. The van der Waals surface area contributed by atoms with Crippen molar-refractivity contribution in [2.24, 2.45) is 0 Å². The van der Waals surface area contributed by atoms with Crippen LogP contribution < -0.4 is 10.1 Å². The molecule has 0 aliphatic carbocycles. The van der Waals surface area contributed by atoms with Gasteiger partial charge < -0.3 is 19.5 Å². The minimum atomic E-state index is -0.411. The molecule has 0 radical (unpaired) electrons. The van der Waals surface area contributed by atoms with E-state index in [1.54, 1.807) is 20.1 Å². The van der Waals surface area contributed by atoms with Crippen LogP contribution in [0.1, 0.15) is 12.5 Å². The van der Waals surface area contributed by atoms with Gasteiger partial charge in [-0.05, 0) is 13.0 Å². The largest absolute Gasteiger partial charge is 0.480 e. The van der Waals surface area contributed by atoms with Gasteiger partial charge in [0.1, 0.15) is 5.75 Å². The highest BCUT2D eigenvalue weighted by Gasteiger charge is 2.11. The van der Waals surface area contributed by atoms with Crippen molar-refractivity contribution in [1.82, 2.24) is 5.32 Å². The summed E-state index contributed by atoms with van der Waals surface area (Å²) in [4.78, 5) is 11.3. The fourth-order valence-electron chi connectivity index (χ4n) is 1.59. The van der Waals surface area contributed by atoms with Gasteiger partial charge in [-0.2, -0.15) is 0 Å². The summed E-state index contributed by atoms with van der Waals surface area (Å²) in [5.41, 5.74) is 0.887. The number of carbonyl (C=O) groups excluding carboxylic acids is 1. The van der Waals surface area contributed by atoms with E-state index in [1.165, 1.54) is 0 Å². The van der Waals surface area contributed by atoms with Gasteiger partial charge in [0, 0.05) is 25.8 Å². The molecule has 6 heteroatoms. The topological polar surface area (TPSA) is 56.8 Å². The number of carbonyl (C=O) groups is 1. The summed E-state index contributed by atoms with van der Waals surface area (Å²) < 4.78 is 15.2. The highest BCUT2D eigenvalue weighted by molar-refractivity contribution is 6.32. The SMILES string of the molecule is CCOC(=O)COc1c(Cl)cccc1CNCCOC. The molecule has 0 aliphatic rings. The molecule has 0 saturated carbocycles. The fraction of sp³-hybridized carbons (Fsp3) is 0.500. The van der Waals surface area contributed by atoms with Crippen molar-refractivity contribution >= 4 is 17.6 Å². The summed E-state index contributed by atoms with van der Waals surface area (Å²) >= 11 is 6.10. The van der Waals surface area contributed by atoms with E-state index < -0.39 is 5.97 Å². The minimum Gasteiger partial charge on any atom is -0.480 e. The standard InChI is InChI=1S/C14H20ClNO4/c1-3-19-13(17)10-20-14-11(5-4-6-12(14)15)9-16-7-8-18-2/h4-6,16H,3,7-10H2,1-2H3. The predicted octanol–water partition coefficient (Wildman–Crippen LogP) is 2.02. The zero-order valence-electron chi connectivity index (χ0n) is 11.8. The van der Waals surface area contributed by atoms with E-state index >= 15 is 0 Å². The molecule has 5 nitrogen and oxygen atoms in total. The Morgan fingerprint density at radius 2 is 2.20 bits per heavy atom. The first-order valence-electron chi connectivity index (χ1n) is 6.44. The van der Waals surface area contributed by atoms with Gasteiger partial charge in [-0.25, -0.2) is 4.79 Å². The lowest BCUT2D eigenvalue weighted by atomic mass is 10.2. The summed E-state index contributed by atoms with van der Waals surface area (Å²) in [6, 6.07) is 5.46. The van der Waals surface area contributed by atoms with Gasteiger partial charge in [0.25, 0.3) is 0 Å². The highest BCUT2D eigenvalue weighted by atomic mass is 35.5. The van der Waals surface area contributed by atoms with Gasteiger partial charge in [-0.3, -0.25) is 0 Å². The number of hydrogen-bond donors (Lipinski definition) is 1. The molecule has 0 atom stereocenters. The zero-order valence-corrected chi connectivity index (χ0v) is 12.5. The molecule has 0 bridgehead atoms. The third-order valence-electron chi connectivity index (χ3n) is 2.49. The minimum absolute atomic E-state index is 0.150. The first-order chi connectivity index (χ1) is 9.69. The van der Waals surface area contributed by atoms with E-state index in [9.17, 15) is 4.79 Å². The molecule has 1 N–H and O–H groups in total. The number of methoxy groups -OCH3 is 1. The normalized spacial score (nSPS) is 10.3. The van der Waals surface area contributed by atoms with Crippen molar-refractivity contribution in [2.45, 2.75) is 13.5 Å². The van der Waals surface area contributed by atoms with Crippen LogP contribution in [0.15, 0.2) is 18.2 Å². The Kier molecular flexibility index (Phi) is 8.02. The monoisotopic (exact) mass is 301 g/mol. The smallest absolute Gasteiger partial charge is 0.344 e. The van der Waals surface area contributed by atoms with E-state index in [1.807, 2.05) is 12.1 Å². The second-order valence-corrected chi connectivity index (χ2v) is 4.40. The van der Waals surface area contributed by atoms with Crippen LogP contribution in [0.5, 0.6) is 5.75 Å². The molecule has 0 spiro atoms. The summed E-state index contributed by atoms with van der Waals surface area (Å²) in [6.45, 7) is 3.86. The van der Waals surface area contributed by atoms with Crippen molar-refractivity contribution in [3.05, 3.63) is 28.8 Å². The summed E-state index contributed by atoms with van der Waals surface area (Å²) in [5.74, 6) is 0.0952. The number of halogens is 1. The van der Waals surface area contributed by atoms with Crippen LogP contribution in [0.2, 0.25) is 5.02 Å². The number of esters is 1. The Hall–Kier alpha value is -1.30. The maximum atomic E-state index is 11.3. The van der Waals surface area contributed by atoms with Gasteiger partial charge >= 0.3 is 5.97 Å². The van der Waals surface area contributed by atoms with E-state index in [0.29, 0.717) is 30.5 Å². The molecule has 0 unspecified atom stereocenters. The van der Waals surface area contributed by atoms with Gasteiger partial charge in [0.15, 0.2) is 6.61 Å². The van der Waals surface area contributed by atoms with Crippen LogP contribution in [0.25, 0.3) is 0 Å². The van der Waals surface area contributed by atoms with Gasteiger partial charge in [0.2, 0.25) is 0 Å². The molecule has 1 rings (SSSR count). The Balaban J connectivity index is 2.60. The molecule has 0 saturated heterocycles. The number of para-hydroxylation sites is 1. The van der Waals surface area contributed by atoms with E-state index in [4.69, 9.17) is 25.8 Å². The Labute approximate surface area is 124 Å². The van der Waals surface area contributed by atoms with E-state index in [-0.39, 0.29) is 6.61 Å². The Morgan fingerprint density at radius 1 is 1.40 bits per heavy atom. The molecule has 20 heavy (non-hydrogen) atoms. The molecular weight excluding hydrogens is 282 g/mol. The lowest BCUT2D eigenvalue weighted by molar-refractivity contribution is -0.145. The van der Waals surface area contributed by atoms with E-state index in [0.717, 1.165) is 12.1 Å². The Morgan fingerprint density at radius 3 is 2.90 bits per heavy atom. The maximum absolute atomic E-state index is 11.3. The highest BCUT2D eigenvalue weighted by Crippen LogP contribution is 2.28. The predicted molar refractivity (Wildman–Crippen MR) is 77.2 cm³/mol. The van der Waals surface area contributed by atoms with Gasteiger partial charge in [-0.1, -0.05) is 23.7 Å². The third kappa shape index (κ3) is 5.77. The average molecular weight is 302 g/mol. The fourth-order valence-corrected chi connectivity index (χ4v) is 1.83. The molecule has 1 aromatic carbocycles. The molecule has 112 valence electrons. The number of rotatable bonds is 9. The average Bonchev–Trinajstić information content (AvgIpc) is 2.43. The van der Waals surface area contributed by atoms with Crippen molar-refractivity contribution < 1.29 is 19.0 Å². The second kappa shape index (κ2) is 9.58. The van der Waals surface area contributed by atoms with Crippen LogP contribution in [-0.2, 0) is 20.8 Å². The van der Waals surface area contributed by atoms with Crippen LogP contribution in [-0.4, -0.2) is 39.4 Å². The van der Waals surface area contributed by atoms with Crippen LogP contribution in [0.4, 0.5) is 0 Å². The molecule has 0 aromatic heterocycles. The summed E-state index contributed by atoms with van der Waals surface area (Å²) in [7, 11) is 1.65. The number of benzene rings is 1. The number of nitrogens with one attached hydrogen (secondary N) is 1. The van der Waals surface area contributed by atoms with Gasteiger partial charge in [-0.15, -0.1) is 0 Å². The third-order valence-corrected chi connectivity index (χ3v) is 2.78. The van der Waals surface area contributed by atoms with Crippen molar-refractivity contribution in [1.29, 1.82) is 0 Å². The number of ether oxygens (including phenoxy) is 3.